The van der Waals surface area contributed by atoms with E-state index in [-0.39, 0.29) is 18.0 Å². The summed E-state index contributed by atoms with van der Waals surface area (Å²) in [6.07, 6.45) is 1.48. The van der Waals surface area contributed by atoms with Crippen molar-refractivity contribution in [3.63, 3.8) is 0 Å². The molecule has 6 heteroatoms. The second kappa shape index (κ2) is 5.86. The van der Waals surface area contributed by atoms with Crippen molar-refractivity contribution >= 4 is 12.0 Å². The molecular weight excluding hydrogens is 222 g/mol. The van der Waals surface area contributed by atoms with Crippen LogP contribution in [-0.2, 0) is 4.79 Å². The molecule has 0 radical (unpaired) electrons. The summed E-state index contributed by atoms with van der Waals surface area (Å²) in [5.41, 5.74) is 5.70. The van der Waals surface area contributed by atoms with Crippen molar-refractivity contribution in [2.75, 3.05) is 13.1 Å². The lowest BCUT2D eigenvalue weighted by molar-refractivity contribution is -0.140. The third kappa shape index (κ3) is 3.59. The summed E-state index contributed by atoms with van der Waals surface area (Å²) in [5, 5.41) is 11.6. The molecular formula is C11H21N3O3. The molecule has 0 saturated carbocycles. The number of hydrogen-bond donors (Lipinski definition) is 3. The molecule has 0 aliphatic carbocycles. The maximum Gasteiger partial charge on any atom is 0.326 e. The van der Waals surface area contributed by atoms with Crippen LogP contribution in [0.3, 0.4) is 0 Å². The predicted molar refractivity (Wildman–Crippen MR) is 63.6 cm³/mol. The number of aliphatic carboxylic acids is 1. The van der Waals surface area contributed by atoms with Crippen molar-refractivity contribution < 1.29 is 14.7 Å². The van der Waals surface area contributed by atoms with Crippen LogP contribution in [0.5, 0.6) is 0 Å². The lowest BCUT2D eigenvalue weighted by atomic mass is 9.99. The number of nitrogens with zero attached hydrogens (tertiary/aromatic N) is 1. The lowest BCUT2D eigenvalue weighted by Gasteiger charge is -2.24. The number of urea groups is 1. The molecule has 17 heavy (non-hydrogen) atoms. The number of carboxylic acids is 1. The summed E-state index contributed by atoms with van der Waals surface area (Å²) in [7, 11) is 0. The minimum Gasteiger partial charge on any atom is -0.480 e. The van der Waals surface area contributed by atoms with Gasteiger partial charge in [0.2, 0.25) is 0 Å². The van der Waals surface area contributed by atoms with Gasteiger partial charge in [-0.25, -0.2) is 9.59 Å². The highest BCUT2D eigenvalue weighted by molar-refractivity contribution is 5.83. The van der Waals surface area contributed by atoms with Crippen LogP contribution >= 0.6 is 0 Å². The maximum absolute atomic E-state index is 11.8. The van der Waals surface area contributed by atoms with Crippen LogP contribution < -0.4 is 11.1 Å². The molecule has 0 spiro atoms. The number of carbonyl (C=O) groups is 2. The molecule has 4 N–H and O–H groups in total. The minimum atomic E-state index is -0.990. The van der Waals surface area contributed by atoms with Crippen molar-refractivity contribution in [2.45, 2.75) is 38.8 Å². The largest absolute Gasteiger partial charge is 0.480 e. The van der Waals surface area contributed by atoms with Crippen LogP contribution in [0.15, 0.2) is 0 Å². The van der Waals surface area contributed by atoms with Crippen LogP contribution in [0.2, 0.25) is 0 Å². The normalized spacial score (nSPS) is 23.2. The Morgan fingerprint density at radius 3 is 2.65 bits per heavy atom. The van der Waals surface area contributed by atoms with E-state index < -0.39 is 12.0 Å². The van der Waals surface area contributed by atoms with Crippen molar-refractivity contribution in [1.82, 2.24) is 10.2 Å². The van der Waals surface area contributed by atoms with Crippen LogP contribution in [0.25, 0.3) is 0 Å². The molecule has 0 aromatic rings. The first-order valence-electron chi connectivity index (χ1n) is 5.99. The standard InChI is InChI=1S/C11H21N3O3/c1-3-7(2)9(10(15)16)13-11(17)14-5-4-8(12)6-14/h7-9H,3-6,12H2,1-2H3,(H,13,17)(H,15,16)/t7-,8?,9-/m0/s1. The van der Waals surface area contributed by atoms with E-state index in [1.807, 2.05) is 13.8 Å². The van der Waals surface area contributed by atoms with Gasteiger partial charge >= 0.3 is 12.0 Å². The van der Waals surface area contributed by atoms with Gasteiger partial charge in [0, 0.05) is 19.1 Å². The maximum atomic E-state index is 11.8. The molecule has 6 nitrogen and oxygen atoms in total. The zero-order valence-corrected chi connectivity index (χ0v) is 10.3. The molecule has 0 aromatic heterocycles. The van der Waals surface area contributed by atoms with E-state index in [0.29, 0.717) is 19.5 Å². The third-order valence-electron chi connectivity index (χ3n) is 3.27. The molecule has 98 valence electrons. The topological polar surface area (TPSA) is 95.7 Å². The van der Waals surface area contributed by atoms with Crippen LogP contribution in [0.4, 0.5) is 4.79 Å². The molecule has 1 unspecified atom stereocenters. The smallest absolute Gasteiger partial charge is 0.326 e. The minimum absolute atomic E-state index is 0.00706. The highest BCUT2D eigenvalue weighted by Gasteiger charge is 2.29. The Morgan fingerprint density at radius 2 is 2.24 bits per heavy atom. The summed E-state index contributed by atoms with van der Waals surface area (Å²) in [6.45, 7) is 4.81. The van der Waals surface area contributed by atoms with E-state index >= 15 is 0 Å². The number of carboxylic acid groups (broad SMARTS) is 1. The van der Waals surface area contributed by atoms with Gasteiger partial charge in [0.05, 0.1) is 0 Å². The van der Waals surface area contributed by atoms with E-state index in [2.05, 4.69) is 5.32 Å². The van der Waals surface area contributed by atoms with Crippen molar-refractivity contribution in [3.8, 4) is 0 Å². The zero-order chi connectivity index (χ0) is 13.0. The number of nitrogens with one attached hydrogen (secondary N) is 1. The Hall–Kier alpha value is -1.30. The molecule has 1 fully saturated rings. The van der Waals surface area contributed by atoms with Crippen molar-refractivity contribution in [1.29, 1.82) is 0 Å². The second-order valence-electron chi connectivity index (χ2n) is 4.65. The van der Waals surface area contributed by atoms with Crippen LogP contribution in [-0.4, -0.2) is 47.2 Å². The molecule has 0 bridgehead atoms. The van der Waals surface area contributed by atoms with Crippen molar-refractivity contribution in [3.05, 3.63) is 0 Å². The van der Waals surface area contributed by atoms with Gasteiger partial charge in [-0.3, -0.25) is 0 Å². The Balaban J connectivity index is 2.55. The number of likely N-dealkylation sites (tertiary alicyclic amines) is 1. The second-order valence-corrected chi connectivity index (χ2v) is 4.65. The highest BCUT2D eigenvalue weighted by atomic mass is 16.4. The summed E-state index contributed by atoms with van der Waals surface area (Å²) in [6, 6.07) is -1.15. The van der Waals surface area contributed by atoms with E-state index in [1.165, 1.54) is 0 Å². The summed E-state index contributed by atoms with van der Waals surface area (Å²) in [5.74, 6) is -1.08. The third-order valence-corrected chi connectivity index (χ3v) is 3.27. The van der Waals surface area contributed by atoms with Gasteiger partial charge in [-0.2, -0.15) is 0 Å². The van der Waals surface area contributed by atoms with Gasteiger partial charge in [-0.05, 0) is 12.3 Å². The molecule has 1 aliphatic heterocycles. The lowest BCUT2D eigenvalue weighted by Crippen LogP contribution is -2.50. The number of rotatable bonds is 4. The fourth-order valence-electron chi connectivity index (χ4n) is 1.88. The van der Waals surface area contributed by atoms with Crippen LogP contribution in [0.1, 0.15) is 26.7 Å². The first kappa shape index (κ1) is 13.8. The monoisotopic (exact) mass is 243 g/mol. The first-order chi connectivity index (χ1) is 7.95. The van der Waals surface area contributed by atoms with Gasteiger partial charge < -0.3 is 21.1 Å². The SMILES string of the molecule is CC[C@H](C)[C@H](NC(=O)N1CCC(N)C1)C(=O)O. The predicted octanol–water partition coefficient (Wildman–Crippen LogP) is 0.228. The van der Waals surface area contributed by atoms with Gasteiger partial charge in [0.1, 0.15) is 6.04 Å². The van der Waals surface area contributed by atoms with Gasteiger partial charge in [0.15, 0.2) is 0 Å². The number of carbonyl (C=O) groups excluding carboxylic acids is 1. The van der Waals surface area contributed by atoms with E-state index in [1.54, 1.807) is 4.90 Å². The average molecular weight is 243 g/mol. The Bertz CT molecular complexity index is 296. The van der Waals surface area contributed by atoms with E-state index in [4.69, 9.17) is 10.8 Å². The molecule has 3 atom stereocenters. The van der Waals surface area contributed by atoms with Gasteiger partial charge in [-0.1, -0.05) is 20.3 Å². The van der Waals surface area contributed by atoms with E-state index in [9.17, 15) is 9.59 Å². The first-order valence-corrected chi connectivity index (χ1v) is 5.99. The van der Waals surface area contributed by atoms with Crippen LogP contribution in [0, 0.1) is 5.92 Å². The Kier molecular flexibility index (Phi) is 4.74. The number of nitrogens with two attached hydrogens (primary N) is 1. The fraction of sp³-hybridized carbons (Fsp3) is 0.818. The average Bonchev–Trinajstić information content (AvgIpc) is 2.71. The molecule has 1 heterocycles. The zero-order valence-electron chi connectivity index (χ0n) is 10.3. The molecule has 1 rings (SSSR count). The quantitative estimate of drug-likeness (QED) is 0.658. The highest BCUT2D eigenvalue weighted by Crippen LogP contribution is 2.11. The molecule has 1 saturated heterocycles. The summed E-state index contributed by atoms with van der Waals surface area (Å²) in [4.78, 5) is 24.5. The Morgan fingerprint density at radius 1 is 1.59 bits per heavy atom. The summed E-state index contributed by atoms with van der Waals surface area (Å²) >= 11 is 0. The Labute approximate surface area is 101 Å². The summed E-state index contributed by atoms with van der Waals surface area (Å²) < 4.78 is 0. The molecule has 1 aliphatic rings. The molecule has 2 amide bonds. The number of amides is 2. The fourth-order valence-corrected chi connectivity index (χ4v) is 1.88. The van der Waals surface area contributed by atoms with E-state index in [0.717, 1.165) is 6.42 Å². The molecule has 0 aromatic carbocycles. The van der Waals surface area contributed by atoms with Gasteiger partial charge in [-0.15, -0.1) is 0 Å². The number of hydrogen-bond acceptors (Lipinski definition) is 3. The van der Waals surface area contributed by atoms with Crippen molar-refractivity contribution in [2.24, 2.45) is 11.7 Å². The van der Waals surface area contributed by atoms with Gasteiger partial charge in [0.25, 0.3) is 0 Å².